The number of nitrogens with zero attached hydrogens (tertiary/aromatic N) is 1. The van der Waals surface area contributed by atoms with Crippen LogP contribution in [0, 0.1) is 22.7 Å². The number of nitrogens with one attached hydrogen (secondary N) is 1. The zero-order chi connectivity index (χ0) is 28.3. The fourth-order valence-electron chi connectivity index (χ4n) is 4.61. The predicted octanol–water partition coefficient (Wildman–Crippen LogP) is 7.31. The minimum atomic E-state index is -4.63. The van der Waals surface area contributed by atoms with Crippen molar-refractivity contribution in [3.63, 3.8) is 0 Å². The number of nitrogens with two attached hydrogens (primary N) is 1. The van der Waals surface area contributed by atoms with Crippen LogP contribution in [-0.4, -0.2) is 17.0 Å². The van der Waals surface area contributed by atoms with Gasteiger partial charge in [0.15, 0.2) is 0 Å². The lowest BCUT2D eigenvalue weighted by Crippen LogP contribution is -2.16. The molecule has 39 heavy (non-hydrogen) atoms. The Balaban J connectivity index is 2.04. The molecule has 0 aromatic heterocycles. The number of carboxylic acids is 1. The molecule has 3 aromatic carbocycles. The summed E-state index contributed by atoms with van der Waals surface area (Å²) in [7, 11) is 0. The van der Waals surface area contributed by atoms with Crippen molar-refractivity contribution in [1.82, 2.24) is 0 Å². The van der Waals surface area contributed by atoms with Gasteiger partial charge in [-0.15, -0.1) is 0 Å². The second kappa shape index (κ2) is 11.0. The van der Waals surface area contributed by atoms with E-state index in [0.717, 1.165) is 37.5 Å². The van der Waals surface area contributed by atoms with Crippen molar-refractivity contribution in [2.75, 3.05) is 5.73 Å². The van der Waals surface area contributed by atoms with E-state index in [-0.39, 0.29) is 22.7 Å². The minimum Gasteiger partial charge on any atom is -0.478 e. The van der Waals surface area contributed by atoms with Crippen LogP contribution >= 0.6 is 0 Å². The second-order valence-electron chi connectivity index (χ2n) is 9.20. The van der Waals surface area contributed by atoms with Gasteiger partial charge in [0.1, 0.15) is 0 Å². The normalized spacial score (nSPS) is 14.4. The standard InChI is InChI=1S/C30H23F4N3O2/c31-29(37)24-15-20(9-12-25(24)36)27(19-7-4-17(5-8-19)6-13-26(38)39)28(18-2-1-3-18)23-11-10-22(30(32,33)34)14-21(23)16-35/h4-15,18,37H,1-3,36H2,(H,38,39)/b13-6+,28-27+,37-29?. The van der Waals surface area contributed by atoms with Crippen LogP contribution < -0.4 is 5.73 Å². The molecule has 5 nitrogen and oxygen atoms in total. The van der Waals surface area contributed by atoms with Crippen molar-refractivity contribution in [2.24, 2.45) is 5.92 Å². The monoisotopic (exact) mass is 533 g/mol. The number of allylic oxidation sites excluding steroid dienone is 1. The highest BCUT2D eigenvalue weighted by Gasteiger charge is 2.33. The third kappa shape index (κ3) is 5.91. The molecule has 0 amide bonds. The summed E-state index contributed by atoms with van der Waals surface area (Å²) >= 11 is 0. The van der Waals surface area contributed by atoms with E-state index in [2.05, 4.69) is 0 Å². The number of alkyl halides is 3. The van der Waals surface area contributed by atoms with Crippen molar-refractivity contribution >= 4 is 34.8 Å². The molecule has 1 fully saturated rings. The van der Waals surface area contributed by atoms with E-state index >= 15 is 0 Å². The maximum absolute atomic E-state index is 14.1. The van der Waals surface area contributed by atoms with Gasteiger partial charge in [-0.2, -0.15) is 22.8 Å². The summed E-state index contributed by atoms with van der Waals surface area (Å²) in [4.78, 5) is 10.9. The van der Waals surface area contributed by atoms with E-state index in [0.29, 0.717) is 33.4 Å². The molecule has 0 bridgehead atoms. The van der Waals surface area contributed by atoms with Crippen molar-refractivity contribution in [1.29, 1.82) is 10.7 Å². The molecule has 0 unspecified atom stereocenters. The molecule has 0 aliphatic heterocycles. The molecule has 0 atom stereocenters. The molecule has 0 spiro atoms. The van der Waals surface area contributed by atoms with Gasteiger partial charge in [0.05, 0.1) is 22.8 Å². The number of carboxylic acid groups (broad SMARTS) is 1. The van der Waals surface area contributed by atoms with Gasteiger partial charge in [0, 0.05) is 11.8 Å². The highest BCUT2D eigenvalue weighted by atomic mass is 19.4. The molecule has 0 saturated heterocycles. The smallest absolute Gasteiger partial charge is 0.416 e. The van der Waals surface area contributed by atoms with Crippen molar-refractivity contribution in [3.05, 3.63) is 106 Å². The van der Waals surface area contributed by atoms with Gasteiger partial charge in [0.25, 0.3) is 0 Å². The molecule has 0 radical (unpaired) electrons. The average Bonchev–Trinajstić information content (AvgIpc) is 2.86. The van der Waals surface area contributed by atoms with Crippen LogP contribution in [0.4, 0.5) is 23.2 Å². The Kier molecular flexibility index (Phi) is 7.68. The van der Waals surface area contributed by atoms with Gasteiger partial charge >= 0.3 is 12.1 Å². The lowest BCUT2D eigenvalue weighted by molar-refractivity contribution is -0.137. The van der Waals surface area contributed by atoms with E-state index < -0.39 is 23.7 Å². The van der Waals surface area contributed by atoms with E-state index in [1.165, 1.54) is 24.3 Å². The van der Waals surface area contributed by atoms with Gasteiger partial charge in [0.2, 0.25) is 5.97 Å². The van der Waals surface area contributed by atoms with E-state index in [1.54, 1.807) is 30.3 Å². The SMILES string of the molecule is N#Cc1cc(C(F)(F)F)ccc1/C(=C(\c1ccc(/C=C/C(=O)O)cc1)c1ccc(N)c(C(=N)F)c1)C1CCC1. The summed E-state index contributed by atoms with van der Waals surface area (Å²) in [5.41, 5.74) is 7.97. The van der Waals surface area contributed by atoms with Gasteiger partial charge in [-0.05, 0) is 82.5 Å². The van der Waals surface area contributed by atoms with Gasteiger partial charge in [-0.3, -0.25) is 5.41 Å². The Morgan fingerprint density at radius 1 is 1.03 bits per heavy atom. The number of rotatable bonds is 7. The maximum atomic E-state index is 14.1. The number of anilines is 1. The first-order chi connectivity index (χ1) is 18.5. The first-order valence-electron chi connectivity index (χ1n) is 12.0. The van der Waals surface area contributed by atoms with Crippen LogP contribution in [0.25, 0.3) is 17.2 Å². The molecular weight excluding hydrogens is 510 g/mol. The molecule has 9 heteroatoms. The number of hydrogen-bond acceptors (Lipinski definition) is 4. The molecule has 1 saturated carbocycles. The zero-order valence-electron chi connectivity index (χ0n) is 20.5. The Hall–Kier alpha value is -4.71. The average molecular weight is 534 g/mol. The van der Waals surface area contributed by atoms with Gasteiger partial charge < -0.3 is 10.8 Å². The quantitative estimate of drug-likeness (QED) is 0.0972. The third-order valence-electron chi connectivity index (χ3n) is 6.74. The zero-order valence-corrected chi connectivity index (χ0v) is 20.5. The number of aliphatic carboxylic acids is 1. The summed E-state index contributed by atoms with van der Waals surface area (Å²) < 4.78 is 54.4. The number of hydrogen-bond donors (Lipinski definition) is 3. The van der Waals surface area contributed by atoms with Crippen LogP contribution in [0.15, 0.2) is 66.7 Å². The van der Waals surface area contributed by atoms with Gasteiger partial charge in [-0.1, -0.05) is 42.8 Å². The maximum Gasteiger partial charge on any atom is 0.416 e. The lowest BCUT2D eigenvalue weighted by Gasteiger charge is -2.32. The number of nitriles is 1. The van der Waals surface area contributed by atoms with Crippen LogP contribution in [-0.2, 0) is 11.0 Å². The number of halogens is 4. The summed E-state index contributed by atoms with van der Waals surface area (Å²) in [6.07, 6.45) is 0.157. The fraction of sp³-hybridized carbons (Fsp3) is 0.167. The Morgan fingerprint density at radius 3 is 2.23 bits per heavy atom. The Morgan fingerprint density at radius 2 is 1.69 bits per heavy atom. The Bertz CT molecular complexity index is 1540. The van der Waals surface area contributed by atoms with Crippen LogP contribution in [0.1, 0.15) is 58.2 Å². The minimum absolute atomic E-state index is 0.0530. The van der Waals surface area contributed by atoms with Crippen LogP contribution in [0.2, 0.25) is 0 Å². The van der Waals surface area contributed by atoms with Crippen molar-refractivity contribution < 1.29 is 27.5 Å². The molecule has 1 aliphatic carbocycles. The second-order valence-corrected chi connectivity index (χ2v) is 9.20. The summed E-state index contributed by atoms with van der Waals surface area (Å²) in [5.74, 6) is -2.43. The molecular formula is C30H23F4N3O2. The summed E-state index contributed by atoms with van der Waals surface area (Å²) in [5, 5.41) is 26.3. The highest BCUT2D eigenvalue weighted by Crippen LogP contribution is 2.47. The highest BCUT2D eigenvalue weighted by molar-refractivity contribution is 6.03. The summed E-state index contributed by atoms with van der Waals surface area (Å²) in [6, 6.07) is 16.3. The fourth-order valence-corrected chi connectivity index (χ4v) is 4.61. The topological polar surface area (TPSA) is 111 Å². The first kappa shape index (κ1) is 27.3. The number of carbonyl (C=O) groups is 1. The summed E-state index contributed by atoms with van der Waals surface area (Å²) in [6.45, 7) is 0. The van der Waals surface area contributed by atoms with Gasteiger partial charge in [-0.25, -0.2) is 4.79 Å². The largest absolute Gasteiger partial charge is 0.478 e. The Labute approximate surface area is 222 Å². The molecule has 198 valence electrons. The van der Waals surface area contributed by atoms with Crippen LogP contribution in [0.5, 0.6) is 0 Å². The van der Waals surface area contributed by atoms with Crippen LogP contribution in [0.3, 0.4) is 0 Å². The number of benzene rings is 3. The predicted molar refractivity (Wildman–Crippen MR) is 141 cm³/mol. The lowest BCUT2D eigenvalue weighted by atomic mass is 9.72. The molecule has 0 heterocycles. The molecule has 1 aliphatic rings. The molecule has 3 aromatic rings. The molecule has 4 rings (SSSR count). The van der Waals surface area contributed by atoms with E-state index in [4.69, 9.17) is 16.2 Å². The number of nitrogen functional groups attached to an aromatic ring is 1. The third-order valence-corrected chi connectivity index (χ3v) is 6.74. The van der Waals surface area contributed by atoms with E-state index in [9.17, 15) is 27.6 Å². The van der Waals surface area contributed by atoms with Crippen molar-refractivity contribution in [3.8, 4) is 6.07 Å². The molecule has 4 N–H and O–H groups in total. The van der Waals surface area contributed by atoms with E-state index in [1.807, 2.05) is 6.07 Å². The van der Waals surface area contributed by atoms with Crippen molar-refractivity contribution in [2.45, 2.75) is 25.4 Å². The first-order valence-corrected chi connectivity index (χ1v) is 12.0.